The van der Waals surface area contributed by atoms with Gasteiger partial charge in [0.05, 0.1) is 17.6 Å². The van der Waals surface area contributed by atoms with Gasteiger partial charge in [0.2, 0.25) is 0 Å². The van der Waals surface area contributed by atoms with Gasteiger partial charge in [0.1, 0.15) is 5.56 Å². The van der Waals surface area contributed by atoms with E-state index in [0.717, 1.165) is 6.07 Å². The van der Waals surface area contributed by atoms with Crippen molar-refractivity contribution in [2.45, 2.75) is 13.3 Å². The summed E-state index contributed by atoms with van der Waals surface area (Å²) in [6.45, 7) is 2.00. The number of carbonyl (C=O) groups is 1. The Hall–Kier alpha value is -2.18. The minimum Gasteiger partial charge on any atom is -0.490 e. The topological polar surface area (TPSA) is 89.7 Å². The van der Waals surface area contributed by atoms with Gasteiger partial charge in [0.25, 0.3) is 5.69 Å². The van der Waals surface area contributed by atoms with E-state index in [-0.39, 0.29) is 12.4 Å². The van der Waals surface area contributed by atoms with Gasteiger partial charge in [-0.25, -0.2) is 9.18 Å². The first kappa shape index (κ1) is 12.9. The van der Waals surface area contributed by atoms with Crippen LogP contribution < -0.4 is 4.74 Å². The maximum atomic E-state index is 13.4. The third kappa shape index (κ3) is 2.90. The number of halogens is 1. The molecule has 0 unspecified atom stereocenters. The Labute approximate surface area is 95.8 Å². The second-order valence-electron chi connectivity index (χ2n) is 3.21. The van der Waals surface area contributed by atoms with Crippen molar-refractivity contribution in [1.82, 2.24) is 0 Å². The van der Waals surface area contributed by atoms with Crippen LogP contribution in [0.4, 0.5) is 10.1 Å². The van der Waals surface area contributed by atoms with Gasteiger partial charge in [-0.15, -0.1) is 0 Å². The second kappa shape index (κ2) is 5.24. The van der Waals surface area contributed by atoms with Gasteiger partial charge in [-0.3, -0.25) is 10.1 Å². The summed E-state index contributed by atoms with van der Waals surface area (Å²) in [7, 11) is 0. The van der Waals surface area contributed by atoms with Crippen molar-refractivity contribution in [2.75, 3.05) is 6.61 Å². The van der Waals surface area contributed by atoms with Gasteiger partial charge in [-0.05, 0) is 6.42 Å². The molecule has 17 heavy (non-hydrogen) atoms. The summed E-state index contributed by atoms with van der Waals surface area (Å²) in [6.07, 6.45) is 0.610. The monoisotopic (exact) mass is 243 g/mol. The Morgan fingerprint density at radius 1 is 1.59 bits per heavy atom. The fourth-order valence-corrected chi connectivity index (χ4v) is 1.19. The summed E-state index contributed by atoms with van der Waals surface area (Å²) in [4.78, 5) is 20.4. The molecule has 0 bridgehead atoms. The van der Waals surface area contributed by atoms with E-state index in [1.165, 1.54) is 0 Å². The molecule has 0 saturated carbocycles. The lowest BCUT2D eigenvalue weighted by molar-refractivity contribution is -0.385. The molecule has 0 amide bonds. The number of hydrogen-bond donors (Lipinski definition) is 1. The van der Waals surface area contributed by atoms with E-state index in [4.69, 9.17) is 9.84 Å². The Kier molecular flexibility index (Phi) is 3.97. The van der Waals surface area contributed by atoms with Gasteiger partial charge in [0.15, 0.2) is 11.6 Å². The minimum atomic E-state index is -1.50. The molecule has 0 radical (unpaired) electrons. The van der Waals surface area contributed by atoms with E-state index in [1.807, 2.05) is 0 Å². The summed E-state index contributed by atoms with van der Waals surface area (Å²) < 4.78 is 18.3. The fourth-order valence-electron chi connectivity index (χ4n) is 1.19. The predicted octanol–water partition coefficient (Wildman–Crippen LogP) is 2.22. The van der Waals surface area contributed by atoms with Crippen LogP contribution in [0, 0.1) is 15.9 Å². The van der Waals surface area contributed by atoms with E-state index in [0.29, 0.717) is 12.5 Å². The third-order valence-electron chi connectivity index (χ3n) is 1.94. The molecule has 0 fully saturated rings. The number of rotatable bonds is 5. The molecule has 6 nitrogen and oxygen atoms in total. The summed E-state index contributed by atoms with van der Waals surface area (Å²) in [6, 6.07) is 1.37. The highest BCUT2D eigenvalue weighted by molar-refractivity contribution is 5.92. The molecule has 92 valence electrons. The smallest absolute Gasteiger partial charge is 0.342 e. The molecule has 0 spiro atoms. The van der Waals surface area contributed by atoms with E-state index in [1.54, 1.807) is 6.92 Å². The number of carboxylic acid groups (broad SMARTS) is 1. The highest BCUT2D eigenvalue weighted by Crippen LogP contribution is 2.27. The lowest BCUT2D eigenvalue weighted by Gasteiger charge is -2.07. The molecular formula is C10H10FNO5. The van der Waals surface area contributed by atoms with E-state index >= 15 is 0 Å². The predicted molar refractivity (Wildman–Crippen MR) is 55.8 cm³/mol. The average molecular weight is 243 g/mol. The highest BCUT2D eigenvalue weighted by Gasteiger charge is 2.23. The molecule has 0 aliphatic carbocycles. The first-order chi connectivity index (χ1) is 7.97. The van der Waals surface area contributed by atoms with Gasteiger partial charge >= 0.3 is 5.97 Å². The number of aromatic carboxylic acids is 1. The van der Waals surface area contributed by atoms with Crippen molar-refractivity contribution in [3.63, 3.8) is 0 Å². The van der Waals surface area contributed by atoms with Gasteiger partial charge in [-0.2, -0.15) is 0 Å². The van der Waals surface area contributed by atoms with Crippen molar-refractivity contribution in [2.24, 2.45) is 0 Å². The summed E-state index contributed by atoms with van der Waals surface area (Å²) in [5, 5.41) is 19.3. The number of nitro groups is 1. The zero-order chi connectivity index (χ0) is 13.0. The molecule has 0 aliphatic rings. The molecular weight excluding hydrogens is 233 g/mol. The van der Waals surface area contributed by atoms with Crippen molar-refractivity contribution in [1.29, 1.82) is 0 Å². The van der Waals surface area contributed by atoms with Crippen LogP contribution in [0.2, 0.25) is 0 Å². The fraction of sp³-hybridized carbons (Fsp3) is 0.300. The quantitative estimate of drug-likeness (QED) is 0.632. The van der Waals surface area contributed by atoms with Gasteiger partial charge in [0, 0.05) is 6.07 Å². The van der Waals surface area contributed by atoms with Crippen LogP contribution in [0.1, 0.15) is 23.7 Å². The number of nitrogens with zero attached hydrogens (tertiary/aromatic N) is 1. The molecule has 1 rings (SSSR count). The van der Waals surface area contributed by atoms with Crippen LogP contribution in [0.3, 0.4) is 0 Å². The molecule has 0 saturated heterocycles. The van der Waals surface area contributed by atoms with Crippen LogP contribution in [0.15, 0.2) is 12.1 Å². The number of benzene rings is 1. The molecule has 0 heterocycles. The molecule has 0 aromatic heterocycles. The lowest BCUT2D eigenvalue weighted by Crippen LogP contribution is -2.06. The molecule has 1 N–H and O–H groups in total. The SMILES string of the molecule is CCCOc1cc(C(=O)O)c([N+](=O)[O-])cc1F. The van der Waals surface area contributed by atoms with Gasteiger partial charge in [-0.1, -0.05) is 6.92 Å². The molecule has 0 atom stereocenters. The maximum Gasteiger partial charge on any atom is 0.342 e. The standard InChI is InChI=1S/C10H10FNO5/c1-2-3-17-9-4-6(10(13)14)8(12(15)16)5-7(9)11/h4-5H,2-3H2,1H3,(H,13,14). The van der Waals surface area contributed by atoms with Crippen LogP contribution in [0.5, 0.6) is 5.75 Å². The van der Waals surface area contributed by atoms with Crippen LogP contribution in [-0.4, -0.2) is 22.6 Å². The maximum absolute atomic E-state index is 13.4. The van der Waals surface area contributed by atoms with Crippen LogP contribution in [0.25, 0.3) is 0 Å². The minimum absolute atomic E-state index is 0.202. The zero-order valence-electron chi connectivity index (χ0n) is 8.97. The molecule has 0 aliphatic heterocycles. The average Bonchev–Trinajstić information content (AvgIpc) is 2.26. The van der Waals surface area contributed by atoms with E-state index in [9.17, 15) is 19.3 Å². The van der Waals surface area contributed by atoms with Gasteiger partial charge < -0.3 is 9.84 Å². The Bertz CT molecular complexity index is 460. The highest BCUT2D eigenvalue weighted by atomic mass is 19.1. The molecule has 1 aromatic carbocycles. The van der Waals surface area contributed by atoms with Crippen molar-refractivity contribution >= 4 is 11.7 Å². The zero-order valence-corrected chi connectivity index (χ0v) is 8.97. The molecule has 7 heteroatoms. The Morgan fingerprint density at radius 3 is 2.71 bits per heavy atom. The number of hydrogen-bond acceptors (Lipinski definition) is 4. The summed E-state index contributed by atoms with van der Waals surface area (Å²) in [5.41, 5.74) is -1.39. The van der Waals surface area contributed by atoms with Crippen molar-refractivity contribution in [3.8, 4) is 5.75 Å². The summed E-state index contributed by atoms with van der Waals surface area (Å²) in [5.74, 6) is -2.75. The first-order valence-electron chi connectivity index (χ1n) is 4.81. The molecule has 1 aromatic rings. The normalized spacial score (nSPS) is 10.0. The third-order valence-corrected chi connectivity index (χ3v) is 1.94. The summed E-state index contributed by atoms with van der Waals surface area (Å²) >= 11 is 0. The lowest BCUT2D eigenvalue weighted by atomic mass is 10.1. The number of carboxylic acids is 1. The number of nitro benzene ring substituents is 1. The van der Waals surface area contributed by atoms with E-state index < -0.39 is 28.0 Å². The van der Waals surface area contributed by atoms with Crippen molar-refractivity contribution < 1.29 is 24.0 Å². The van der Waals surface area contributed by atoms with Crippen molar-refractivity contribution in [3.05, 3.63) is 33.6 Å². The Balaban J connectivity index is 3.24. The number of ether oxygens (including phenoxy) is 1. The van der Waals surface area contributed by atoms with E-state index in [2.05, 4.69) is 0 Å². The van der Waals surface area contributed by atoms with Crippen LogP contribution >= 0.6 is 0 Å². The Morgan fingerprint density at radius 2 is 2.24 bits per heavy atom. The first-order valence-corrected chi connectivity index (χ1v) is 4.81. The van der Waals surface area contributed by atoms with Crippen LogP contribution in [-0.2, 0) is 0 Å². The largest absolute Gasteiger partial charge is 0.490 e. The second-order valence-corrected chi connectivity index (χ2v) is 3.21.